The van der Waals surface area contributed by atoms with Crippen LogP contribution in [0.5, 0.6) is 0 Å². The van der Waals surface area contributed by atoms with Crippen LogP contribution in [0.25, 0.3) is 0 Å². The van der Waals surface area contributed by atoms with Gasteiger partial charge in [0, 0.05) is 12.5 Å². The van der Waals surface area contributed by atoms with Crippen LogP contribution < -0.4 is 5.32 Å². The minimum atomic E-state index is -0.840. The standard InChI is InChI=1S/C8H12FN/c1-2-4-7(9)8-5-3-6-10-8/h1,7-8,10H,3-6H2. The van der Waals surface area contributed by atoms with Crippen molar-refractivity contribution in [2.75, 3.05) is 6.54 Å². The molecule has 1 heterocycles. The molecule has 1 nitrogen and oxygen atoms in total. The van der Waals surface area contributed by atoms with E-state index in [2.05, 4.69) is 11.2 Å². The van der Waals surface area contributed by atoms with Crippen LogP contribution >= 0.6 is 0 Å². The van der Waals surface area contributed by atoms with Crippen molar-refractivity contribution in [3.63, 3.8) is 0 Å². The van der Waals surface area contributed by atoms with Gasteiger partial charge in [-0.05, 0) is 19.4 Å². The number of halogens is 1. The van der Waals surface area contributed by atoms with E-state index in [1.165, 1.54) is 0 Å². The van der Waals surface area contributed by atoms with E-state index < -0.39 is 6.17 Å². The van der Waals surface area contributed by atoms with Crippen LogP contribution in [0.15, 0.2) is 0 Å². The Morgan fingerprint density at radius 2 is 2.60 bits per heavy atom. The average molecular weight is 141 g/mol. The predicted octanol–water partition coefficient (Wildman–Crippen LogP) is 1.10. The maximum atomic E-state index is 12.9. The number of alkyl halides is 1. The van der Waals surface area contributed by atoms with E-state index in [4.69, 9.17) is 6.42 Å². The van der Waals surface area contributed by atoms with Gasteiger partial charge in [0.2, 0.25) is 0 Å². The summed E-state index contributed by atoms with van der Waals surface area (Å²) in [4.78, 5) is 0. The Labute approximate surface area is 61.0 Å². The number of nitrogens with one attached hydrogen (secondary N) is 1. The quantitative estimate of drug-likeness (QED) is 0.568. The van der Waals surface area contributed by atoms with Gasteiger partial charge >= 0.3 is 0 Å². The summed E-state index contributed by atoms with van der Waals surface area (Å²) in [5.74, 6) is 2.33. The van der Waals surface area contributed by atoms with Crippen molar-refractivity contribution in [3.05, 3.63) is 0 Å². The zero-order valence-electron chi connectivity index (χ0n) is 5.94. The normalized spacial score (nSPS) is 27.8. The molecule has 1 fully saturated rings. The average Bonchev–Trinajstić information content (AvgIpc) is 2.38. The summed E-state index contributed by atoms with van der Waals surface area (Å²) in [6.07, 6.45) is 6.40. The third kappa shape index (κ3) is 1.71. The van der Waals surface area contributed by atoms with Gasteiger partial charge in [0.15, 0.2) is 0 Å². The van der Waals surface area contributed by atoms with Crippen LogP contribution in [0.4, 0.5) is 4.39 Å². The second kappa shape index (κ2) is 3.58. The molecule has 0 spiro atoms. The van der Waals surface area contributed by atoms with Crippen LogP contribution in [-0.4, -0.2) is 18.8 Å². The Hall–Kier alpha value is -0.550. The van der Waals surface area contributed by atoms with Gasteiger partial charge in [-0.3, -0.25) is 0 Å². The van der Waals surface area contributed by atoms with Crippen molar-refractivity contribution in [3.8, 4) is 12.3 Å². The van der Waals surface area contributed by atoms with Gasteiger partial charge in [0.1, 0.15) is 6.17 Å². The zero-order valence-corrected chi connectivity index (χ0v) is 5.94. The molecule has 10 heavy (non-hydrogen) atoms. The van der Waals surface area contributed by atoms with E-state index >= 15 is 0 Å². The lowest BCUT2D eigenvalue weighted by Crippen LogP contribution is -2.31. The second-order valence-electron chi connectivity index (χ2n) is 2.63. The minimum Gasteiger partial charge on any atom is -0.311 e. The van der Waals surface area contributed by atoms with Crippen molar-refractivity contribution in [1.29, 1.82) is 0 Å². The molecular weight excluding hydrogens is 129 g/mol. The lowest BCUT2D eigenvalue weighted by molar-refractivity contribution is 0.270. The van der Waals surface area contributed by atoms with E-state index in [-0.39, 0.29) is 12.5 Å². The number of rotatable bonds is 2. The molecule has 1 aliphatic rings. The third-order valence-electron chi connectivity index (χ3n) is 1.85. The van der Waals surface area contributed by atoms with E-state index in [9.17, 15) is 4.39 Å². The minimum absolute atomic E-state index is 0.0241. The molecule has 0 amide bonds. The molecule has 0 aromatic heterocycles. The van der Waals surface area contributed by atoms with Crippen molar-refractivity contribution in [1.82, 2.24) is 5.32 Å². The number of hydrogen-bond donors (Lipinski definition) is 1. The van der Waals surface area contributed by atoms with Crippen molar-refractivity contribution in [2.24, 2.45) is 0 Å². The summed E-state index contributed by atoms with van der Waals surface area (Å²) < 4.78 is 12.9. The summed E-state index contributed by atoms with van der Waals surface area (Å²) >= 11 is 0. The fraction of sp³-hybridized carbons (Fsp3) is 0.750. The summed E-state index contributed by atoms with van der Waals surface area (Å²) in [7, 11) is 0. The molecule has 0 aromatic carbocycles. The molecule has 2 atom stereocenters. The lowest BCUT2D eigenvalue weighted by Gasteiger charge is -2.12. The largest absolute Gasteiger partial charge is 0.311 e. The molecule has 0 aliphatic carbocycles. The van der Waals surface area contributed by atoms with E-state index in [1.54, 1.807) is 0 Å². The fourth-order valence-corrected chi connectivity index (χ4v) is 1.28. The van der Waals surface area contributed by atoms with Gasteiger partial charge in [0.25, 0.3) is 0 Å². The van der Waals surface area contributed by atoms with Crippen LogP contribution in [0.3, 0.4) is 0 Å². The molecule has 0 aromatic rings. The van der Waals surface area contributed by atoms with Gasteiger partial charge in [-0.1, -0.05) is 0 Å². The highest BCUT2D eigenvalue weighted by Crippen LogP contribution is 2.13. The highest BCUT2D eigenvalue weighted by atomic mass is 19.1. The van der Waals surface area contributed by atoms with E-state index in [0.29, 0.717) is 0 Å². The zero-order chi connectivity index (χ0) is 7.40. The predicted molar refractivity (Wildman–Crippen MR) is 39.4 cm³/mol. The molecular formula is C8H12FN. The fourth-order valence-electron chi connectivity index (χ4n) is 1.28. The lowest BCUT2D eigenvalue weighted by atomic mass is 10.1. The molecule has 1 rings (SSSR count). The van der Waals surface area contributed by atoms with Gasteiger partial charge in [-0.15, -0.1) is 12.3 Å². The van der Waals surface area contributed by atoms with Gasteiger partial charge in [-0.2, -0.15) is 0 Å². The number of hydrogen-bond acceptors (Lipinski definition) is 1. The van der Waals surface area contributed by atoms with E-state index in [0.717, 1.165) is 19.4 Å². The Morgan fingerprint density at radius 1 is 1.80 bits per heavy atom. The molecule has 2 heteroatoms. The Balaban J connectivity index is 2.26. The summed E-state index contributed by atoms with van der Waals surface area (Å²) in [5.41, 5.74) is 0. The smallest absolute Gasteiger partial charge is 0.126 e. The topological polar surface area (TPSA) is 12.0 Å². The molecule has 1 saturated heterocycles. The molecule has 56 valence electrons. The van der Waals surface area contributed by atoms with Crippen LogP contribution in [-0.2, 0) is 0 Å². The van der Waals surface area contributed by atoms with Gasteiger partial charge in [-0.25, -0.2) is 4.39 Å². The maximum absolute atomic E-state index is 12.9. The highest BCUT2D eigenvalue weighted by molar-refractivity contribution is 4.92. The number of terminal acetylenes is 1. The van der Waals surface area contributed by atoms with Crippen molar-refractivity contribution in [2.45, 2.75) is 31.5 Å². The summed E-state index contributed by atoms with van der Waals surface area (Å²) in [5, 5.41) is 3.07. The first-order valence-corrected chi connectivity index (χ1v) is 3.65. The second-order valence-corrected chi connectivity index (χ2v) is 2.63. The van der Waals surface area contributed by atoms with Crippen molar-refractivity contribution >= 4 is 0 Å². The van der Waals surface area contributed by atoms with Crippen LogP contribution in [0.2, 0.25) is 0 Å². The molecule has 0 radical (unpaired) electrons. The molecule has 0 saturated carbocycles. The van der Waals surface area contributed by atoms with Crippen LogP contribution in [0.1, 0.15) is 19.3 Å². The first kappa shape index (κ1) is 7.56. The molecule has 2 unspecified atom stereocenters. The Bertz CT molecular complexity index is 133. The Morgan fingerprint density at radius 3 is 3.10 bits per heavy atom. The van der Waals surface area contributed by atoms with E-state index in [1.807, 2.05) is 0 Å². The van der Waals surface area contributed by atoms with Gasteiger partial charge in [0.05, 0.1) is 0 Å². The summed E-state index contributed by atoms with van der Waals surface area (Å²) in [6, 6.07) is 0.0241. The van der Waals surface area contributed by atoms with Gasteiger partial charge < -0.3 is 5.32 Å². The first-order chi connectivity index (χ1) is 4.84. The SMILES string of the molecule is C#CCC(F)C1CCCN1. The Kier molecular flexibility index (Phi) is 2.70. The molecule has 1 aliphatic heterocycles. The molecule has 1 N–H and O–H groups in total. The first-order valence-electron chi connectivity index (χ1n) is 3.65. The molecule has 0 bridgehead atoms. The highest BCUT2D eigenvalue weighted by Gasteiger charge is 2.22. The van der Waals surface area contributed by atoms with Crippen LogP contribution in [0, 0.1) is 12.3 Å². The maximum Gasteiger partial charge on any atom is 0.126 e. The summed E-state index contributed by atoms with van der Waals surface area (Å²) in [6.45, 7) is 0.940. The monoisotopic (exact) mass is 141 g/mol. The van der Waals surface area contributed by atoms with Crippen molar-refractivity contribution < 1.29 is 4.39 Å². The third-order valence-corrected chi connectivity index (χ3v) is 1.85.